The predicted octanol–water partition coefficient (Wildman–Crippen LogP) is 7.05. The Bertz CT molecular complexity index is 845. The number of ether oxygens (including phenoxy) is 2. The van der Waals surface area contributed by atoms with Crippen molar-refractivity contribution in [3.63, 3.8) is 0 Å². The van der Waals surface area contributed by atoms with Crippen LogP contribution >= 0.6 is 12.2 Å². The monoisotopic (exact) mass is 503 g/mol. The van der Waals surface area contributed by atoms with Gasteiger partial charge in [0.15, 0.2) is 0 Å². The van der Waals surface area contributed by atoms with E-state index in [1.807, 2.05) is 0 Å². The van der Waals surface area contributed by atoms with Gasteiger partial charge >= 0.3 is 5.97 Å². The summed E-state index contributed by atoms with van der Waals surface area (Å²) in [5.74, 6) is 4.56. The SMILES string of the molecule is CC(=O)O[C@H]1CC[C@]2(C)[C@H]3CC[C@]4(C)[C@@H]([C@H](C)CCCC(C)C)CC[C@H]4[C@@H]3C[C@@H]3OC(=S)N[C@@]32C1. The normalized spacial score (nSPS) is 47.1. The van der Waals surface area contributed by atoms with E-state index in [9.17, 15) is 4.79 Å². The van der Waals surface area contributed by atoms with E-state index in [0.29, 0.717) is 16.5 Å². The number of hydrogen-bond acceptors (Lipinski definition) is 4. The second-order valence-electron chi connectivity index (χ2n) is 14.0. The lowest BCUT2D eigenvalue weighted by atomic mass is 9.41. The molecule has 0 bridgehead atoms. The van der Waals surface area contributed by atoms with Gasteiger partial charge in [0, 0.05) is 13.3 Å². The lowest BCUT2D eigenvalue weighted by Gasteiger charge is -2.65. The fourth-order valence-corrected chi connectivity index (χ4v) is 10.7. The first kappa shape index (κ1) is 25.8. The summed E-state index contributed by atoms with van der Waals surface area (Å²) >= 11 is 5.62. The maximum atomic E-state index is 11.8. The zero-order valence-corrected chi connectivity index (χ0v) is 23.8. The molecule has 10 atom stereocenters. The van der Waals surface area contributed by atoms with Gasteiger partial charge in [-0.1, -0.05) is 53.9 Å². The number of fused-ring (bicyclic) bond motifs is 4. The van der Waals surface area contributed by atoms with Gasteiger partial charge in [-0.05, 0) is 104 Å². The van der Waals surface area contributed by atoms with Crippen molar-refractivity contribution in [1.29, 1.82) is 0 Å². The van der Waals surface area contributed by atoms with Crippen LogP contribution in [0.25, 0.3) is 0 Å². The van der Waals surface area contributed by atoms with Crippen LogP contribution in [-0.2, 0) is 14.3 Å². The number of hydrogen-bond donors (Lipinski definition) is 1. The number of nitrogens with one attached hydrogen (secondary N) is 1. The first-order chi connectivity index (χ1) is 16.5. The summed E-state index contributed by atoms with van der Waals surface area (Å²) in [5, 5.41) is 4.26. The van der Waals surface area contributed by atoms with Gasteiger partial charge in [-0.2, -0.15) is 0 Å². The van der Waals surface area contributed by atoms with Crippen molar-refractivity contribution in [2.75, 3.05) is 0 Å². The number of carbonyl (C=O) groups is 1. The highest BCUT2D eigenvalue weighted by molar-refractivity contribution is 7.80. The highest BCUT2D eigenvalue weighted by atomic mass is 32.1. The van der Waals surface area contributed by atoms with Crippen molar-refractivity contribution in [2.45, 2.75) is 130 Å². The molecule has 1 saturated heterocycles. The molecular formula is C30H49NO3S. The molecule has 0 aromatic rings. The molecule has 0 radical (unpaired) electrons. The molecule has 5 heteroatoms. The fraction of sp³-hybridized carbons (Fsp3) is 0.933. The first-order valence-corrected chi connectivity index (χ1v) is 15.1. The summed E-state index contributed by atoms with van der Waals surface area (Å²) < 4.78 is 12.2. The number of esters is 1. The Balaban J connectivity index is 1.38. The second-order valence-corrected chi connectivity index (χ2v) is 14.4. The molecule has 0 aromatic carbocycles. The van der Waals surface area contributed by atoms with Crippen LogP contribution < -0.4 is 5.32 Å². The molecule has 1 N–H and O–H groups in total. The fourth-order valence-electron chi connectivity index (χ4n) is 10.4. The number of thiocarbonyl (C=S) groups is 1. The molecule has 35 heavy (non-hydrogen) atoms. The Morgan fingerprint density at radius 1 is 1.11 bits per heavy atom. The highest BCUT2D eigenvalue weighted by Crippen LogP contribution is 2.70. The summed E-state index contributed by atoms with van der Waals surface area (Å²) in [7, 11) is 0. The molecule has 1 spiro atoms. The molecule has 5 fully saturated rings. The van der Waals surface area contributed by atoms with Crippen LogP contribution in [0.1, 0.15) is 112 Å². The van der Waals surface area contributed by atoms with Crippen LogP contribution in [0.3, 0.4) is 0 Å². The maximum absolute atomic E-state index is 11.8. The van der Waals surface area contributed by atoms with Gasteiger partial charge in [-0.25, -0.2) is 0 Å². The molecular weight excluding hydrogens is 454 g/mol. The van der Waals surface area contributed by atoms with Gasteiger partial charge in [-0.3, -0.25) is 4.79 Å². The van der Waals surface area contributed by atoms with Gasteiger partial charge in [0.1, 0.15) is 12.2 Å². The van der Waals surface area contributed by atoms with Crippen molar-refractivity contribution in [3.05, 3.63) is 0 Å². The molecule has 4 nitrogen and oxygen atoms in total. The van der Waals surface area contributed by atoms with Crippen LogP contribution in [0.5, 0.6) is 0 Å². The van der Waals surface area contributed by atoms with E-state index in [1.165, 1.54) is 51.9 Å². The molecule has 5 aliphatic rings. The average molecular weight is 504 g/mol. The molecule has 198 valence electrons. The van der Waals surface area contributed by atoms with Gasteiger partial charge in [0.25, 0.3) is 5.17 Å². The van der Waals surface area contributed by atoms with Gasteiger partial charge in [0.05, 0.1) is 5.54 Å². The number of rotatable bonds is 6. The minimum atomic E-state index is -0.195. The van der Waals surface area contributed by atoms with Crippen LogP contribution in [0.2, 0.25) is 0 Å². The van der Waals surface area contributed by atoms with E-state index in [2.05, 4.69) is 39.9 Å². The molecule has 0 amide bonds. The van der Waals surface area contributed by atoms with E-state index >= 15 is 0 Å². The average Bonchev–Trinajstić information content (AvgIpc) is 3.28. The summed E-state index contributed by atoms with van der Waals surface area (Å²) in [4.78, 5) is 11.8. The van der Waals surface area contributed by atoms with E-state index in [-0.39, 0.29) is 29.1 Å². The van der Waals surface area contributed by atoms with Crippen molar-refractivity contribution in [1.82, 2.24) is 5.32 Å². The summed E-state index contributed by atoms with van der Waals surface area (Å²) in [6, 6.07) is 0. The van der Waals surface area contributed by atoms with Crippen molar-refractivity contribution >= 4 is 23.4 Å². The Morgan fingerprint density at radius 3 is 2.60 bits per heavy atom. The summed E-state index contributed by atoms with van der Waals surface area (Å²) in [6.07, 6.45) is 13.7. The van der Waals surface area contributed by atoms with E-state index < -0.39 is 0 Å². The smallest absolute Gasteiger partial charge is 0.302 e. The van der Waals surface area contributed by atoms with Crippen molar-refractivity contribution < 1.29 is 14.3 Å². The Kier molecular flexibility index (Phi) is 6.76. The highest BCUT2D eigenvalue weighted by Gasteiger charge is 2.71. The van der Waals surface area contributed by atoms with Crippen LogP contribution in [-0.4, -0.2) is 28.9 Å². The Hall–Kier alpha value is -0.840. The zero-order chi connectivity index (χ0) is 25.2. The molecule has 1 aliphatic heterocycles. The summed E-state index contributed by atoms with van der Waals surface area (Å²) in [5.41, 5.74) is 0.399. The maximum Gasteiger partial charge on any atom is 0.302 e. The standard InChI is InChI=1S/C30H49NO3S/c1-18(2)8-7-9-19(3)23-10-11-24-22-16-26-30(31-27(35)34-26)17-21(33-20(4)32)12-15-29(30,6)25(22)13-14-28(23,24)5/h18-19,21-26H,7-17H2,1-6H3,(H,31,35)/t19-,21+,22+,23-,24+,25+,26+,28-,29-,30+/m1/s1. The Labute approximate surface area is 219 Å². The second kappa shape index (κ2) is 9.17. The minimum Gasteiger partial charge on any atom is -0.465 e. The third-order valence-electron chi connectivity index (χ3n) is 12.0. The first-order valence-electron chi connectivity index (χ1n) is 14.7. The minimum absolute atomic E-state index is 0.0342. The van der Waals surface area contributed by atoms with Crippen molar-refractivity contribution in [3.8, 4) is 0 Å². The van der Waals surface area contributed by atoms with Crippen LogP contribution in [0.15, 0.2) is 0 Å². The van der Waals surface area contributed by atoms with E-state index in [4.69, 9.17) is 21.7 Å². The molecule has 4 saturated carbocycles. The van der Waals surface area contributed by atoms with Crippen LogP contribution in [0, 0.1) is 46.3 Å². The topological polar surface area (TPSA) is 47.6 Å². The van der Waals surface area contributed by atoms with E-state index in [0.717, 1.165) is 55.3 Å². The quantitative estimate of drug-likeness (QED) is 0.311. The summed E-state index contributed by atoms with van der Waals surface area (Å²) in [6.45, 7) is 14.0. The van der Waals surface area contributed by atoms with Crippen LogP contribution in [0.4, 0.5) is 0 Å². The third kappa shape index (κ3) is 4.05. The molecule has 4 aliphatic carbocycles. The van der Waals surface area contributed by atoms with E-state index in [1.54, 1.807) is 0 Å². The predicted molar refractivity (Wildman–Crippen MR) is 144 cm³/mol. The molecule has 0 aromatic heterocycles. The van der Waals surface area contributed by atoms with Gasteiger partial charge in [-0.15, -0.1) is 0 Å². The molecule has 5 rings (SSSR count). The Morgan fingerprint density at radius 2 is 1.89 bits per heavy atom. The van der Waals surface area contributed by atoms with Crippen molar-refractivity contribution in [2.24, 2.45) is 46.3 Å². The molecule has 0 unspecified atom stereocenters. The number of carbonyl (C=O) groups excluding carboxylic acids is 1. The lowest BCUT2D eigenvalue weighted by molar-refractivity contribution is -0.182. The van der Waals surface area contributed by atoms with Gasteiger partial charge in [0.2, 0.25) is 0 Å². The third-order valence-corrected chi connectivity index (χ3v) is 12.2. The molecule has 1 heterocycles. The largest absolute Gasteiger partial charge is 0.465 e. The lowest BCUT2D eigenvalue weighted by Crippen LogP contribution is -2.71. The zero-order valence-electron chi connectivity index (χ0n) is 23.0. The van der Waals surface area contributed by atoms with Gasteiger partial charge < -0.3 is 14.8 Å².